The van der Waals surface area contributed by atoms with Gasteiger partial charge in [0.1, 0.15) is 5.69 Å². The van der Waals surface area contributed by atoms with Gasteiger partial charge in [0.25, 0.3) is 5.91 Å². The third-order valence-electron chi connectivity index (χ3n) is 2.60. The summed E-state index contributed by atoms with van der Waals surface area (Å²) in [6.45, 7) is 2.56. The smallest absolute Gasteiger partial charge is 0.283 e. The number of rotatable bonds is 5. The average molecular weight is 238 g/mol. The Bertz CT molecular complexity index is 383. The van der Waals surface area contributed by atoms with Gasteiger partial charge in [0.2, 0.25) is 0 Å². The van der Waals surface area contributed by atoms with Gasteiger partial charge in [-0.2, -0.15) is 0 Å². The first kappa shape index (κ1) is 13.6. The minimum Gasteiger partial charge on any atom is -0.395 e. The second-order valence-corrected chi connectivity index (χ2v) is 3.93. The van der Waals surface area contributed by atoms with Crippen LogP contribution in [0.15, 0.2) is 18.2 Å². The summed E-state index contributed by atoms with van der Waals surface area (Å²) < 4.78 is 0. The van der Waals surface area contributed by atoms with Crippen LogP contribution in [0, 0.1) is 0 Å². The van der Waals surface area contributed by atoms with Gasteiger partial charge in [0.05, 0.1) is 12.3 Å². The molecule has 0 aliphatic heterocycles. The molecule has 6 nitrogen and oxygen atoms in total. The monoisotopic (exact) mass is 238 g/mol. The van der Waals surface area contributed by atoms with Gasteiger partial charge in [-0.05, 0) is 26.1 Å². The van der Waals surface area contributed by atoms with Gasteiger partial charge in [-0.25, -0.2) is 10.8 Å². The zero-order valence-corrected chi connectivity index (χ0v) is 10.1. The highest BCUT2D eigenvalue weighted by Gasteiger charge is 2.11. The highest BCUT2D eigenvalue weighted by molar-refractivity contribution is 5.91. The van der Waals surface area contributed by atoms with Crippen molar-refractivity contribution in [2.75, 3.05) is 13.7 Å². The molecule has 1 aromatic heterocycles. The van der Waals surface area contributed by atoms with Crippen LogP contribution < -0.4 is 11.3 Å². The fourth-order valence-electron chi connectivity index (χ4n) is 1.32. The van der Waals surface area contributed by atoms with Crippen LogP contribution in [-0.4, -0.2) is 40.6 Å². The van der Waals surface area contributed by atoms with Crippen molar-refractivity contribution in [2.24, 2.45) is 5.84 Å². The number of hydrogen-bond donors (Lipinski definition) is 3. The molecule has 0 saturated heterocycles. The quantitative estimate of drug-likeness (QED) is 0.365. The molecule has 94 valence electrons. The molecule has 0 aromatic carbocycles. The number of pyridine rings is 1. The van der Waals surface area contributed by atoms with E-state index in [-0.39, 0.29) is 18.3 Å². The summed E-state index contributed by atoms with van der Waals surface area (Å²) in [6.07, 6.45) is 0. The summed E-state index contributed by atoms with van der Waals surface area (Å²) in [6, 6.07) is 5.23. The molecule has 0 fully saturated rings. The topological polar surface area (TPSA) is 91.5 Å². The standard InChI is InChI=1S/C11H18N4O2/c1-8(7-16)15(2)6-9-4-3-5-10(13-9)11(17)14-12/h3-5,8,16H,6-7,12H2,1-2H3,(H,14,17). The third-order valence-corrected chi connectivity index (χ3v) is 2.60. The zero-order chi connectivity index (χ0) is 12.8. The molecule has 0 saturated carbocycles. The van der Waals surface area contributed by atoms with E-state index < -0.39 is 5.91 Å². The molecule has 1 amide bonds. The molecule has 0 aliphatic carbocycles. The maximum absolute atomic E-state index is 11.3. The summed E-state index contributed by atoms with van der Waals surface area (Å²) in [5.74, 6) is 4.63. The number of carbonyl (C=O) groups excluding carboxylic acids is 1. The van der Waals surface area contributed by atoms with Crippen molar-refractivity contribution in [1.29, 1.82) is 0 Å². The number of hydrazine groups is 1. The summed E-state index contributed by atoms with van der Waals surface area (Å²) in [5.41, 5.74) is 3.09. The van der Waals surface area contributed by atoms with E-state index in [0.29, 0.717) is 6.54 Å². The molecule has 0 bridgehead atoms. The fraction of sp³-hybridized carbons (Fsp3) is 0.455. The lowest BCUT2D eigenvalue weighted by Crippen LogP contribution is -2.33. The minimum absolute atomic E-state index is 0.0452. The zero-order valence-electron chi connectivity index (χ0n) is 10.1. The van der Waals surface area contributed by atoms with Crippen LogP contribution in [0.3, 0.4) is 0 Å². The van der Waals surface area contributed by atoms with Gasteiger partial charge in [-0.3, -0.25) is 15.1 Å². The molecule has 1 unspecified atom stereocenters. The van der Waals surface area contributed by atoms with E-state index in [1.807, 2.05) is 30.4 Å². The van der Waals surface area contributed by atoms with Crippen molar-refractivity contribution in [3.05, 3.63) is 29.6 Å². The molecule has 0 aliphatic rings. The van der Waals surface area contributed by atoms with Crippen molar-refractivity contribution >= 4 is 5.91 Å². The second kappa shape index (κ2) is 6.29. The van der Waals surface area contributed by atoms with Crippen LogP contribution in [0.4, 0.5) is 0 Å². The van der Waals surface area contributed by atoms with E-state index >= 15 is 0 Å². The number of aliphatic hydroxyl groups excluding tert-OH is 1. The summed E-state index contributed by atoms with van der Waals surface area (Å²) >= 11 is 0. The maximum atomic E-state index is 11.3. The van der Waals surface area contributed by atoms with Crippen LogP contribution in [-0.2, 0) is 6.54 Å². The minimum atomic E-state index is -0.412. The molecule has 1 atom stereocenters. The number of nitrogen functional groups attached to an aromatic ring is 1. The Balaban J connectivity index is 2.75. The number of nitrogens with two attached hydrogens (primary N) is 1. The Morgan fingerprint density at radius 3 is 2.94 bits per heavy atom. The highest BCUT2D eigenvalue weighted by Crippen LogP contribution is 2.05. The van der Waals surface area contributed by atoms with E-state index in [1.54, 1.807) is 12.1 Å². The van der Waals surface area contributed by atoms with Crippen molar-refractivity contribution in [3.63, 3.8) is 0 Å². The number of hydrogen-bond acceptors (Lipinski definition) is 5. The first-order valence-electron chi connectivity index (χ1n) is 5.36. The molecule has 17 heavy (non-hydrogen) atoms. The summed E-state index contributed by atoms with van der Waals surface area (Å²) in [5, 5.41) is 9.02. The van der Waals surface area contributed by atoms with E-state index in [9.17, 15) is 4.79 Å². The molecule has 0 spiro atoms. The van der Waals surface area contributed by atoms with Gasteiger partial charge in [0.15, 0.2) is 0 Å². The Hall–Kier alpha value is -1.50. The number of aliphatic hydroxyl groups is 1. The highest BCUT2D eigenvalue weighted by atomic mass is 16.3. The molecule has 1 aromatic rings. The van der Waals surface area contributed by atoms with Gasteiger partial charge < -0.3 is 5.11 Å². The predicted molar refractivity (Wildman–Crippen MR) is 63.9 cm³/mol. The average Bonchev–Trinajstić information content (AvgIpc) is 2.37. The number of amides is 1. The van der Waals surface area contributed by atoms with Gasteiger partial charge in [-0.1, -0.05) is 6.07 Å². The third kappa shape index (κ3) is 3.77. The van der Waals surface area contributed by atoms with Crippen molar-refractivity contribution < 1.29 is 9.90 Å². The first-order valence-corrected chi connectivity index (χ1v) is 5.36. The Morgan fingerprint density at radius 2 is 2.35 bits per heavy atom. The lowest BCUT2D eigenvalue weighted by molar-refractivity contribution is 0.0947. The van der Waals surface area contributed by atoms with Crippen molar-refractivity contribution in [2.45, 2.75) is 19.5 Å². The van der Waals surface area contributed by atoms with Crippen LogP contribution in [0.5, 0.6) is 0 Å². The SMILES string of the molecule is CC(CO)N(C)Cc1cccc(C(=O)NN)n1. The molecular formula is C11H18N4O2. The van der Waals surface area contributed by atoms with E-state index in [0.717, 1.165) is 5.69 Å². The van der Waals surface area contributed by atoms with Crippen LogP contribution in [0.2, 0.25) is 0 Å². The Labute approximate surface area is 100 Å². The molecule has 1 heterocycles. The summed E-state index contributed by atoms with van der Waals surface area (Å²) in [4.78, 5) is 17.4. The van der Waals surface area contributed by atoms with Gasteiger partial charge in [-0.15, -0.1) is 0 Å². The maximum Gasteiger partial charge on any atom is 0.283 e. The predicted octanol–water partition coefficient (Wildman–Crippen LogP) is -0.502. The molecule has 0 radical (unpaired) electrons. The lowest BCUT2D eigenvalue weighted by Gasteiger charge is -2.22. The van der Waals surface area contributed by atoms with Gasteiger partial charge >= 0.3 is 0 Å². The normalized spacial score (nSPS) is 12.5. The van der Waals surface area contributed by atoms with Gasteiger partial charge in [0, 0.05) is 12.6 Å². The number of likely N-dealkylation sites (N-methyl/N-ethyl adjacent to an activating group) is 1. The van der Waals surface area contributed by atoms with Crippen LogP contribution in [0.25, 0.3) is 0 Å². The largest absolute Gasteiger partial charge is 0.395 e. The number of aromatic nitrogens is 1. The number of carbonyl (C=O) groups is 1. The number of nitrogens with zero attached hydrogens (tertiary/aromatic N) is 2. The molecular weight excluding hydrogens is 220 g/mol. The second-order valence-electron chi connectivity index (χ2n) is 3.93. The number of nitrogens with one attached hydrogen (secondary N) is 1. The van der Waals surface area contributed by atoms with E-state index in [2.05, 4.69) is 4.98 Å². The van der Waals surface area contributed by atoms with Crippen molar-refractivity contribution in [1.82, 2.24) is 15.3 Å². The first-order chi connectivity index (χ1) is 8.08. The Kier molecular flexibility index (Phi) is 5.02. The molecule has 6 heteroatoms. The van der Waals surface area contributed by atoms with Crippen LogP contribution in [0.1, 0.15) is 23.1 Å². The molecule has 4 N–H and O–H groups in total. The van der Waals surface area contributed by atoms with Crippen LogP contribution >= 0.6 is 0 Å². The summed E-state index contributed by atoms with van der Waals surface area (Å²) in [7, 11) is 1.89. The van der Waals surface area contributed by atoms with Crippen molar-refractivity contribution in [3.8, 4) is 0 Å². The Morgan fingerprint density at radius 1 is 1.65 bits per heavy atom. The fourth-order valence-corrected chi connectivity index (χ4v) is 1.32. The molecule has 1 rings (SSSR count). The van der Waals surface area contributed by atoms with E-state index in [4.69, 9.17) is 10.9 Å². The van der Waals surface area contributed by atoms with E-state index in [1.165, 1.54) is 0 Å². The lowest BCUT2D eigenvalue weighted by atomic mass is 10.2.